The van der Waals surface area contributed by atoms with Crippen LogP contribution in [0.3, 0.4) is 0 Å². The van der Waals surface area contributed by atoms with Gasteiger partial charge in [0.25, 0.3) is 15.9 Å². The number of likely N-dealkylation sites (N-methyl/N-ethyl adjacent to an activating group) is 1. The lowest BCUT2D eigenvalue weighted by molar-refractivity contribution is -0.129. The molecule has 3 rings (SSSR count). The number of rotatable bonds is 6. The number of amides is 2. The van der Waals surface area contributed by atoms with Crippen molar-refractivity contribution in [1.82, 2.24) is 14.7 Å². The summed E-state index contributed by atoms with van der Waals surface area (Å²) in [4.78, 5) is 30.6. The molecule has 2 amide bonds. The van der Waals surface area contributed by atoms with E-state index in [1.807, 2.05) is 13.8 Å². The summed E-state index contributed by atoms with van der Waals surface area (Å²) < 4.78 is 28.0. The largest absolute Gasteiger partial charge is 0.348 e. The Bertz CT molecular complexity index is 1110. The van der Waals surface area contributed by atoms with Gasteiger partial charge in [-0.25, -0.2) is 8.42 Å². The molecule has 1 aliphatic heterocycles. The second kappa shape index (κ2) is 10.4. The molecule has 178 valence electrons. The first-order valence-corrected chi connectivity index (χ1v) is 12.5. The Hall–Kier alpha value is -2.91. The quantitative estimate of drug-likeness (QED) is 0.697. The summed E-state index contributed by atoms with van der Waals surface area (Å²) in [6.45, 7) is 6.72. The van der Waals surface area contributed by atoms with Crippen molar-refractivity contribution in [2.24, 2.45) is 0 Å². The maximum Gasteiger partial charge on any atom is 0.261 e. The third-order valence-electron chi connectivity index (χ3n) is 5.91. The minimum atomic E-state index is -3.72. The highest BCUT2D eigenvalue weighted by molar-refractivity contribution is 7.92. The standard InChI is InChI=1S/C24H32N4O4S/c1-18-6-11-22(16-19(18)2)33(31,32)25-21-9-7-20(8-10-21)24(30)28-13-5-12-27(14-15-28)17-23(29)26(3)4/h6-11,16,25H,5,12-15,17H2,1-4H3. The molecule has 2 aromatic carbocycles. The van der Waals surface area contributed by atoms with Crippen molar-refractivity contribution in [2.75, 3.05) is 51.5 Å². The molecule has 2 aromatic rings. The van der Waals surface area contributed by atoms with Gasteiger partial charge in [0.15, 0.2) is 0 Å². The molecule has 8 nitrogen and oxygen atoms in total. The molecular formula is C24H32N4O4S. The summed E-state index contributed by atoms with van der Waals surface area (Å²) in [5.41, 5.74) is 2.83. The van der Waals surface area contributed by atoms with Crippen LogP contribution in [-0.4, -0.2) is 81.8 Å². The zero-order valence-electron chi connectivity index (χ0n) is 19.7. The highest BCUT2D eigenvalue weighted by atomic mass is 32.2. The topological polar surface area (TPSA) is 90.0 Å². The number of nitrogens with one attached hydrogen (secondary N) is 1. The molecule has 0 aliphatic carbocycles. The number of carbonyl (C=O) groups excluding carboxylic acids is 2. The average molecular weight is 473 g/mol. The van der Waals surface area contributed by atoms with Crippen LogP contribution in [0, 0.1) is 13.8 Å². The van der Waals surface area contributed by atoms with Crippen LogP contribution in [0.1, 0.15) is 27.9 Å². The van der Waals surface area contributed by atoms with Crippen LogP contribution in [0.15, 0.2) is 47.4 Å². The Kier molecular flexibility index (Phi) is 7.76. The van der Waals surface area contributed by atoms with Gasteiger partial charge in [-0.1, -0.05) is 6.07 Å². The van der Waals surface area contributed by atoms with Crippen LogP contribution in [0.2, 0.25) is 0 Å². The van der Waals surface area contributed by atoms with Gasteiger partial charge in [-0.15, -0.1) is 0 Å². The highest BCUT2D eigenvalue weighted by Gasteiger charge is 2.22. The fourth-order valence-electron chi connectivity index (χ4n) is 3.62. The van der Waals surface area contributed by atoms with Crippen molar-refractivity contribution in [1.29, 1.82) is 0 Å². The summed E-state index contributed by atoms with van der Waals surface area (Å²) in [5, 5.41) is 0. The van der Waals surface area contributed by atoms with E-state index in [1.165, 1.54) is 0 Å². The van der Waals surface area contributed by atoms with Gasteiger partial charge in [0.2, 0.25) is 5.91 Å². The monoisotopic (exact) mass is 472 g/mol. The molecule has 0 aromatic heterocycles. The van der Waals surface area contributed by atoms with Gasteiger partial charge < -0.3 is 9.80 Å². The van der Waals surface area contributed by atoms with Crippen LogP contribution in [0.4, 0.5) is 5.69 Å². The summed E-state index contributed by atoms with van der Waals surface area (Å²) >= 11 is 0. The molecule has 1 saturated heterocycles. The second-order valence-electron chi connectivity index (χ2n) is 8.64. The summed E-state index contributed by atoms with van der Waals surface area (Å²) in [5.74, 6) is -0.0482. The van der Waals surface area contributed by atoms with E-state index in [2.05, 4.69) is 9.62 Å². The van der Waals surface area contributed by atoms with Crippen molar-refractivity contribution < 1.29 is 18.0 Å². The number of nitrogens with zero attached hydrogens (tertiary/aromatic N) is 3. The van der Waals surface area contributed by atoms with Crippen molar-refractivity contribution >= 4 is 27.5 Å². The molecule has 33 heavy (non-hydrogen) atoms. The van der Waals surface area contributed by atoms with Gasteiger partial charge >= 0.3 is 0 Å². The summed E-state index contributed by atoms with van der Waals surface area (Å²) in [7, 11) is -0.240. The smallest absolute Gasteiger partial charge is 0.261 e. The van der Waals surface area contributed by atoms with Gasteiger partial charge in [-0.05, 0) is 67.8 Å². The summed E-state index contributed by atoms with van der Waals surface area (Å²) in [6, 6.07) is 11.5. The van der Waals surface area contributed by atoms with Gasteiger partial charge in [0, 0.05) is 51.5 Å². The Morgan fingerprint density at radius 2 is 1.64 bits per heavy atom. The second-order valence-corrected chi connectivity index (χ2v) is 10.3. The van der Waals surface area contributed by atoms with Crippen LogP contribution in [0.25, 0.3) is 0 Å². The number of sulfonamides is 1. The minimum absolute atomic E-state index is 0.0496. The molecule has 0 saturated carbocycles. The van der Waals surface area contributed by atoms with Crippen LogP contribution in [0.5, 0.6) is 0 Å². The number of hydrogen-bond donors (Lipinski definition) is 1. The van der Waals surface area contributed by atoms with Crippen LogP contribution < -0.4 is 4.72 Å². The van der Waals surface area contributed by atoms with Gasteiger partial charge in [-0.3, -0.25) is 19.2 Å². The third-order valence-corrected chi connectivity index (χ3v) is 7.29. The molecule has 1 N–H and O–H groups in total. The number of hydrogen-bond acceptors (Lipinski definition) is 5. The lowest BCUT2D eigenvalue weighted by atomic mass is 10.1. The lowest BCUT2D eigenvalue weighted by Crippen LogP contribution is -2.39. The van der Waals surface area contributed by atoms with E-state index in [0.29, 0.717) is 37.4 Å². The van der Waals surface area contributed by atoms with Gasteiger partial charge in [0.1, 0.15) is 0 Å². The Morgan fingerprint density at radius 3 is 2.27 bits per heavy atom. The number of carbonyl (C=O) groups is 2. The fraction of sp³-hybridized carbons (Fsp3) is 0.417. The van der Waals surface area contributed by atoms with E-state index < -0.39 is 10.0 Å². The Labute approximate surface area is 196 Å². The molecule has 1 fully saturated rings. The molecule has 0 atom stereocenters. The predicted molar refractivity (Wildman–Crippen MR) is 129 cm³/mol. The average Bonchev–Trinajstić information content (AvgIpc) is 3.01. The van der Waals surface area contributed by atoms with Crippen molar-refractivity contribution in [3.05, 3.63) is 59.2 Å². The SMILES string of the molecule is Cc1ccc(S(=O)(=O)Nc2ccc(C(=O)N3CCCN(CC(=O)N(C)C)CC3)cc2)cc1C. The van der Waals surface area contributed by atoms with Crippen molar-refractivity contribution in [2.45, 2.75) is 25.2 Å². The first-order chi connectivity index (χ1) is 15.6. The molecule has 1 heterocycles. The zero-order chi connectivity index (χ0) is 24.2. The maximum atomic E-state index is 13.0. The van der Waals surface area contributed by atoms with Crippen molar-refractivity contribution in [3.63, 3.8) is 0 Å². The van der Waals surface area contributed by atoms with E-state index in [-0.39, 0.29) is 16.7 Å². The molecule has 0 bridgehead atoms. The van der Waals surface area contributed by atoms with E-state index in [9.17, 15) is 18.0 Å². The van der Waals surface area contributed by atoms with Gasteiger partial charge in [-0.2, -0.15) is 0 Å². The van der Waals surface area contributed by atoms with Crippen LogP contribution in [-0.2, 0) is 14.8 Å². The summed E-state index contributed by atoms with van der Waals surface area (Å²) in [6.07, 6.45) is 0.792. The molecule has 0 radical (unpaired) electrons. The molecular weight excluding hydrogens is 440 g/mol. The first-order valence-electron chi connectivity index (χ1n) is 11.0. The fourth-order valence-corrected chi connectivity index (χ4v) is 4.77. The molecule has 0 unspecified atom stereocenters. The van der Waals surface area contributed by atoms with Crippen molar-refractivity contribution in [3.8, 4) is 0 Å². The number of aryl methyl sites for hydroxylation is 2. The lowest BCUT2D eigenvalue weighted by Gasteiger charge is -2.23. The van der Waals surface area contributed by atoms with Crippen LogP contribution >= 0.6 is 0 Å². The molecule has 0 spiro atoms. The highest BCUT2D eigenvalue weighted by Crippen LogP contribution is 2.20. The van der Waals surface area contributed by atoms with E-state index in [4.69, 9.17) is 0 Å². The zero-order valence-corrected chi connectivity index (χ0v) is 20.5. The normalized spacial score (nSPS) is 15.1. The Balaban J connectivity index is 1.63. The minimum Gasteiger partial charge on any atom is -0.348 e. The van der Waals surface area contributed by atoms with E-state index in [0.717, 1.165) is 24.1 Å². The van der Waals surface area contributed by atoms with Gasteiger partial charge in [0.05, 0.1) is 11.4 Å². The number of benzene rings is 2. The third kappa shape index (κ3) is 6.33. The van der Waals surface area contributed by atoms with E-state index in [1.54, 1.807) is 66.4 Å². The maximum absolute atomic E-state index is 13.0. The molecule has 9 heteroatoms. The first kappa shape index (κ1) is 24.7. The molecule has 1 aliphatic rings. The Morgan fingerprint density at radius 1 is 0.939 bits per heavy atom. The van der Waals surface area contributed by atoms with E-state index >= 15 is 0 Å². The predicted octanol–water partition coefficient (Wildman–Crippen LogP) is 2.34. The number of anilines is 1.